The first kappa shape index (κ1) is 13.4. The average Bonchev–Trinajstić information content (AvgIpc) is 2.91. The van der Waals surface area contributed by atoms with Crippen molar-refractivity contribution < 1.29 is 9.90 Å². The first-order valence-corrected chi connectivity index (χ1v) is 7.78. The molecule has 4 heteroatoms. The normalized spacial score (nSPS) is 46.4. The molecule has 1 heterocycles. The van der Waals surface area contributed by atoms with Gasteiger partial charge in [-0.2, -0.15) is 0 Å². The van der Waals surface area contributed by atoms with Gasteiger partial charge in [-0.1, -0.05) is 6.92 Å². The third-order valence-electron chi connectivity index (χ3n) is 5.66. The van der Waals surface area contributed by atoms with Crippen molar-refractivity contribution in [3.63, 3.8) is 0 Å². The molecule has 4 nitrogen and oxygen atoms in total. The van der Waals surface area contributed by atoms with Gasteiger partial charge in [-0.3, -0.25) is 4.79 Å². The summed E-state index contributed by atoms with van der Waals surface area (Å²) in [7, 11) is 0. The van der Waals surface area contributed by atoms with Gasteiger partial charge in [-0.15, -0.1) is 0 Å². The van der Waals surface area contributed by atoms with Crippen LogP contribution in [0.4, 0.5) is 0 Å². The van der Waals surface area contributed by atoms with E-state index in [0.29, 0.717) is 23.7 Å². The molecule has 0 aromatic carbocycles. The number of rotatable bonds is 1. The second kappa shape index (κ2) is 5.06. The number of likely N-dealkylation sites (tertiary alicyclic amines) is 1. The Kier molecular flexibility index (Phi) is 3.56. The summed E-state index contributed by atoms with van der Waals surface area (Å²) < 4.78 is 0. The molecule has 3 fully saturated rings. The molecule has 6 atom stereocenters. The summed E-state index contributed by atoms with van der Waals surface area (Å²) in [6.45, 7) is 3.81. The number of fused-ring (bicyclic) bond motifs is 1. The Morgan fingerprint density at radius 2 is 2.00 bits per heavy atom. The fourth-order valence-electron chi connectivity index (χ4n) is 4.46. The first-order valence-electron chi connectivity index (χ1n) is 7.78. The van der Waals surface area contributed by atoms with Crippen molar-refractivity contribution in [1.82, 2.24) is 4.90 Å². The van der Waals surface area contributed by atoms with Gasteiger partial charge in [0.2, 0.25) is 5.91 Å². The Balaban J connectivity index is 1.62. The van der Waals surface area contributed by atoms with E-state index < -0.39 is 0 Å². The number of aliphatic hydroxyl groups excluding tert-OH is 1. The van der Waals surface area contributed by atoms with Crippen LogP contribution in [0.1, 0.15) is 39.0 Å². The van der Waals surface area contributed by atoms with Crippen LogP contribution in [0, 0.1) is 23.7 Å². The van der Waals surface area contributed by atoms with Gasteiger partial charge < -0.3 is 15.7 Å². The number of hydrogen-bond acceptors (Lipinski definition) is 3. The topological polar surface area (TPSA) is 66.6 Å². The molecule has 1 saturated heterocycles. The highest BCUT2D eigenvalue weighted by Gasteiger charge is 2.45. The number of carbonyl (C=O) groups is 1. The SMILES string of the molecule is CC1CC(N)CCC1C(=O)N1CC2CCC(O)C2C1. The van der Waals surface area contributed by atoms with Crippen molar-refractivity contribution in [2.24, 2.45) is 29.4 Å². The summed E-state index contributed by atoms with van der Waals surface area (Å²) >= 11 is 0. The number of hydrogen-bond donors (Lipinski definition) is 2. The summed E-state index contributed by atoms with van der Waals surface area (Å²) in [5.74, 6) is 1.77. The van der Waals surface area contributed by atoms with Gasteiger partial charge in [0, 0.05) is 31.0 Å². The molecule has 2 aliphatic carbocycles. The number of nitrogens with zero attached hydrogens (tertiary/aromatic N) is 1. The molecule has 3 aliphatic rings. The number of nitrogens with two attached hydrogens (primary N) is 1. The molecule has 0 aromatic heterocycles. The van der Waals surface area contributed by atoms with E-state index in [0.717, 1.165) is 45.2 Å². The molecule has 3 rings (SSSR count). The highest BCUT2D eigenvalue weighted by molar-refractivity contribution is 5.79. The van der Waals surface area contributed by atoms with Crippen molar-refractivity contribution in [3.8, 4) is 0 Å². The van der Waals surface area contributed by atoms with Crippen LogP contribution in [-0.4, -0.2) is 41.1 Å². The minimum absolute atomic E-state index is 0.163. The van der Waals surface area contributed by atoms with Gasteiger partial charge >= 0.3 is 0 Å². The molecule has 0 spiro atoms. The fourth-order valence-corrected chi connectivity index (χ4v) is 4.46. The number of aliphatic hydroxyl groups is 1. The zero-order chi connectivity index (χ0) is 13.6. The Morgan fingerprint density at radius 3 is 2.68 bits per heavy atom. The quantitative estimate of drug-likeness (QED) is 0.743. The van der Waals surface area contributed by atoms with E-state index in [4.69, 9.17) is 5.73 Å². The van der Waals surface area contributed by atoms with Crippen molar-refractivity contribution in [3.05, 3.63) is 0 Å². The first-order chi connectivity index (χ1) is 9.06. The van der Waals surface area contributed by atoms with Gasteiger partial charge in [0.25, 0.3) is 0 Å². The van der Waals surface area contributed by atoms with E-state index in [1.807, 2.05) is 4.90 Å². The molecule has 0 aromatic rings. The van der Waals surface area contributed by atoms with Crippen LogP contribution >= 0.6 is 0 Å². The Hall–Kier alpha value is -0.610. The van der Waals surface area contributed by atoms with Gasteiger partial charge in [0.05, 0.1) is 6.10 Å². The highest BCUT2D eigenvalue weighted by Crippen LogP contribution is 2.40. The molecule has 1 amide bonds. The molecule has 6 unspecified atom stereocenters. The summed E-state index contributed by atoms with van der Waals surface area (Å²) in [6, 6.07) is 0.277. The lowest BCUT2D eigenvalue weighted by Gasteiger charge is -2.34. The number of carbonyl (C=O) groups excluding carboxylic acids is 1. The highest BCUT2D eigenvalue weighted by atomic mass is 16.3. The van der Waals surface area contributed by atoms with Crippen LogP contribution in [0.3, 0.4) is 0 Å². The summed E-state index contributed by atoms with van der Waals surface area (Å²) in [5, 5.41) is 9.94. The molecule has 19 heavy (non-hydrogen) atoms. The van der Waals surface area contributed by atoms with E-state index in [-0.39, 0.29) is 18.1 Å². The second-order valence-corrected chi connectivity index (χ2v) is 6.97. The third kappa shape index (κ3) is 2.40. The lowest BCUT2D eigenvalue weighted by Crippen LogP contribution is -2.42. The van der Waals surface area contributed by atoms with Crippen LogP contribution in [0.15, 0.2) is 0 Å². The smallest absolute Gasteiger partial charge is 0.225 e. The Bertz CT molecular complexity index is 360. The largest absolute Gasteiger partial charge is 0.393 e. The lowest BCUT2D eigenvalue weighted by molar-refractivity contribution is -0.137. The van der Waals surface area contributed by atoms with Crippen LogP contribution in [-0.2, 0) is 4.79 Å². The summed E-state index contributed by atoms with van der Waals surface area (Å²) in [6.07, 6.45) is 4.71. The predicted molar refractivity (Wildman–Crippen MR) is 73.3 cm³/mol. The molecule has 3 N–H and O–H groups in total. The van der Waals surface area contributed by atoms with Crippen LogP contribution in [0.2, 0.25) is 0 Å². The van der Waals surface area contributed by atoms with Crippen molar-refractivity contribution in [2.75, 3.05) is 13.1 Å². The van der Waals surface area contributed by atoms with E-state index in [9.17, 15) is 9.90 Å². The Morgan fingerprint density at radius 1 is 1.21 bits per heavy atom. The second-order valence-electron chi connectivity index (χ2n) is 6.97. The van der Waals surface area contributed by atoms with Crippen molar-refractivity contribution >= 4 is 5.91 Å². The van der Waals surface area contributed by atoms with E-state index in [1.165, 1.54) is 0 Å². The maximum Gasteiger partial charge on any atom is 0.225 e. The van der Waals surface area contributed by atoms with Gasteiger partial charge in [-0.25, -0.2) is 0 Å². The average molecular weight is 266 g/mol. The maximum absolute atomic E-state index is 12.7. The number of amides is 1. The van der Waals surface area contributed by atoms with Crippen molar-refractivity contribution in [1.29, 1.82) is 0 Å². The zero-order valence-electron chi connectivity index (χ0n) is 11.8. The third-order valence-corrected chi connectivity index (χ3v) is 5.66. The minimum Gasteiger partial charge on any atom is -0.393 e. The van der Waals surface area contributed by atoms with Gasteiger partial charge in [0.15, 0.2) is 0 Å². The van der Waals surface area contributed by atoms with Crippen molar-refractivity contribution in [2.45, 2.75) is 51.2 Å². The van der Waals surface area contributed by atoms with Crippen LogP contribution < -0.4 is 5.73 Å². The van der Waals surface area contributed by atoms with Crippen LogP contribution in [0.25, 0.3) is 0 Å². The predicted octanol–water partition coefficient (Wildman–Crippen LogP) is 0.979. The molecular formula is C15H26N2O2. The van der Waals surface area contributed by atoms with E-state index in [1.54, 1.807) is 0 Å². The summed E-state index contributed by atoms with van der Waals surface area (Å²) in [4.78, 5) is 14.7. The monoisotopic (exact) mass is 266 g/mol. The molecule has 2 saturated carbocycles. The molecule has 108 valence electrons. The molecule has 0 bridgehead atoms. The van der Waals surface area contributed by atoms with Crippen LogP contribution in [0.5, 0.6) is 0 Å². The molecule has 1 aliphatic heterocycles. The lowest BCUT2D eigenvalue weighted by atomic mass is 9.77. The minimum atomic E-state index is -0.181. The van der Waals surface area contributed by atoms with Gasteiger partial charge in [0.1, 0.15) is 0 Å². The summed E-state index contributed by atoms with van der Waals surface area (Å²) in [5.41, 5.74) is 5.98. The fraction of sp³-hybridized carbons (Fsp3) is 0.933. The van der Waals surface area contributed by atoms with E-state index >= 15 is 0 Å². The van der Waals surface area contributed by atoms with Gasteiger partial charge in [-0.05, 0) is 43.9 Å². The molecular weight excluding hydrogens is 240 g/mol. The maximum atomic E-state index is 12.7. The molecule has 0 radical (unpaired) electrons. The Labute approximate surface area is 115 Å². The zero-order valence-corrected chi connectivity index (χ0v) is 11.8. The standard InChI is InChI=1S/C15H26N2O2/c1-9-6-11(16)3-4-12(9)15(19)17-7-10-2-5-14(18)13(10)8-17/h9-14,18H,2-8,16H2,1H3. The van der Waals surface area contributed by atoms with E-state index in [2.05, 4.69) is 6.92 Å².